The Labute approximate surface area is 226 Å². The minimum atomic E-state index is -0.290. The topological polar surface area (TPSA) is 56.6 Å². The number of nitriles is 1. The molecule has 0 aliphatic carbocycles. The van der Waals surface area contributed by atoms with E-state index in [-0.39, 0.29) is 17.3 Å². The van der Waals surface area contributed by atoms with Gasteiger partial charge in [-0.1, -0.05) is 30.3 Å². The molecule has 8 heteroatoms. The van der Waals surface area contributed by atoms with Gasteiger partial charge in [0, 0.05) is 31.9 Å². The maximum Gasteiger partial charge on any atom is 0.264 e. The van der Waals surface area contributed by atoms with Gasteiger partial charge in [-0.15, -0.1) is 0 Å². The van der Waals surface area contributed by atoms with E-state index in [2.05, 4.69) is 61.6 Å². The molecule has 1 heterocycles. The summed E-state index contributed by atoms with van der Waals surface area (Å²) in [5, 5.41) is 9.70. The van der Waals surface area contributed by atoms with Crippen molar-refractivity contribution in [3.63, 3.8) is 0 Å². The summed E-state index contributed by atoms with van der Waals surface area (Å²) in [6.07, 6.45) is 1.61. The van der Waals surface area contributed by atoms with E-state index in [1.165, 1.54) is 12.1 Å². The van der Waals surface area contributed by atoms with E-state index >= 15 is 0 Å². The normalized spacial score (nSPS) is 13.9. The number of para-hydroxylation sites is 1. The molecule has 0 atom stereocenters. The van der Waals surface area contributed by atoms with Crippen molar-refractivity contribution >= 4 is 56.2 Å². The van der Waals surface area contributed by atoms with Crippen LogP contribution in [-0.4, -0.2) is 37.0 Å². The second-order valence-corrected chi connectivity index (χ2v) is 10.0. The summed E-state index contributed by atoms with van der Waals surface area (Å²) < 4.78 is 20.6. The van der Waals surface area contributed by atoms with Gasteiger partial charge in [0.05, 0.1) is 8.04 Å². The first kappa shape index (κ1) is 25.2. The monoisotopic (exact) mass is 645 g/mol. The van der Waals surface area contributed by atoms with E-state index < -0.39 is 0 Å². The van der Waals surface area contributed by atoms with Crippen molar-refractivity contribution in [1.29, 1.82) is 5.26 Å². The van der Waals surface area contributed by atoms with Gasteiger partial charge in [-0.2, -0.15) is 5.26 Å². The number of halogens is 3. The van der Waals surface area contributed by atoms with Crippen LogP contribution in [0.4, 0.5) is 10.1 Å². The van der Waals surface area contributed by atoms with Crippen LogP contribution in [0.1, 0.15) is 11.1 Å². The van der Waals surface area contributed by atoms with Crippen molar-refractivity contribution in [1.82, 2.24) is 4.90 Å². The quantitative estimate of drug-likeness (QED) is 0.187. The molecule has 0 radical (unpaired) electrons. The van der Waals surface area contributed by atoms with Gasteiger partial charge >= 0.3 is 0 Å². The van der Waals surface area contributed by atoms with E-state index in [1.807, 2.05) is 30.3 Å². The summed E-state index contributed by atoms with van der Waals surface area (Å²) in [5.41, 5.74) is 2.81. The Kier molecular flexibility index (Phi) is 8.42. The van der Waals surface area contributed by atoms with Gasteiger partial charge < -0.3 is 14.5 Å². The fourth-order valence-corrected chi connectivity index (χ4v) is 5.59. The molecule has 0 spiro atoms. The van der Waals surface area contributed by atoms with Gasteiger partial charge in [-0.05, 0) is 92.1 Å². The first-order valence-corrected chi connectivity index (χ1v) is 12.9. The number of ether oxygens (including phenoxy) is 1. The van der Waals surface area contributed by atoms with E-state index in [1.54, 1.807) is 23.1 Å². The zero-order valence-electron chi connectivity index (χ0n) is 18.8. The second-order valence-electron chi connectivity index (χ2n) is 8.01. The summed E-state index contributed by atoms with van der Waals surface area (Å²) in [4.78, 5) is 17.0. The number of hydrogen-bond acceptors (Lipinski definition) is 4. The predicted molar refractivity (Wildman–Crippen MR) is 146 cm³/mol. The fraction of sp³-hybridized carbons (Fsp3) is 0.185. The largest absolute Gasteiger partial charge is 0.487 e. The zero-order chi connectivity index (χ0) is 24.8. The lowest BCUT2D eigenvalue weighted by Gasteiger charge is -2.36. The predicted octanol–water partition coefficient (Wildman–Crippen LogP) is 6.03. The molecule has 0 unspecified atom stereocenters. The SMILES string of the molecule is N#C/C(=C/c1cc(Br)c(OCc2ccc(F)cc2)c(I)c1)C(=O)N1CCN(c2ccccc2)CC1. The number of nitrogens with zero attached hydrogens (tertiary/aromatic N) is 3. The minimum absolute atomic E-state index is 0.0980. The molecule has 1 saturated heterocycles. The van der Waals surface area contributed by atoms with Crippen LogP contribution in [0.15, 0.2) is 76.8 Å². The van der Waals surface area contributed by atoms with Gasteiger partial charge in [-0.25, -0.2) is 4.39 Å². The van der Waals surface area contributed by atoms with Gasteiger partial charge in [-0.3, -0.25) is 4.79 Å². The summed E-state index contributed by atoms with van der Waals surface area (Å²) in [7, 11) is 0. The lowest BCUT2D eigenvalue weighted by atomic mass is 10.1. The van der Waals surface area contributed by atoms with Gasteiger partial charge in [0.1, 0.15) is 29.8 Å². The number of carbonyl (C=O) groups excluding carboxylic acids is 1. The van der Waals surface area contributed by atoms with Crippen LogP contribution in [0.5, 0.6) is 5.75 Å². The van der Waals surface area contributed by atoms with E-state index in [9.17, 15) is 14.4 Å². The molecule has 35 heavy (non-hydrogen) atoms. The van der Waals surface area contributed by atoms with Crippen LogP contribution < -0.4 is 9.64 Å². The molecule has 0 bridgehead atoms. The molecule has 1 aliphatic heterocycles. The van der Waals surface area contributed by atoms with Crippen molar-refractivity contribution in [3.05, 3.63) is 97.3 Å². The first-order chi connectivity index (χ1) is 16.9. The molecule has 178 valence electrons. The number of anilines is 1. The van der Waals surface area contributed by atoms with Gasteiger partial charge in [0.25, 0.3) is 5.91 Å². The Hall–Kier alpha value is -2.90. The van der Waals surface area contributed by atoms with E-state index in [0.717, 1.165) is 33.5 Å². The Morgan fingerprint density at radius 2 is 1.77 bits per heavy atom. The molecule has 0 saturated carbocycles. The first-order valence-electron chi connectivity index (χ1n) is 11.0. The molecule has 5 nitrogen and oxygen atoms in total. The lowest BCUT2D eigenvalue weighted by molar-refractivity contribution is -0.126. The van der Waals surface area contributed by atoms with Crippen molar-refractivity contribution < 1.29 is 13.9 Å². The third kappa shape index (κ3) is 6.41. The number of hydrogen-bond donors (Lipinski definition) is 0. The third-order valence-electron chi connectivity index (χ3n) is 5.67. The smallest absolute Gasteiger partial charge is 0.264 e. The van der Waals surface area contributed by atoms with E-state index in [0.29, 0.717) is 29.9 Å². The lowest BCUT2D eigenvalue weighted by Crippen LogP contribution is -2.49. The van der Waals surface area contributed by atoms with Crippen LogP contribution in [-0.2, 0) is 11.4 Å². The van der Waals surface area contributed by atoms with Gasteiger partial charge in [0.15, 0.2) is 0 Å². The Morgan fingerprint density at radius 1 is 1.09 bits per heavy atom. The van der Waals surface area contributed by atoms with Crippen LogP contribution >= 0.6 is 38.5 Å². The van der Waals surface area contributed by atoms with Crippen LogP contribution in [0, 0.1) is 20.7 Å². The van der Waals surface area contributed by atoms with Crippen molar-refractivity contribution in [2.24, 2.45) is 0 Å². The molecule has 3 aromatic rings. The summed E-state index contributed by atoms with van der Waals surface area (Å²) in [6, 6.07) is 22.0. The number of carbonyl (C=O) groups is 1. The summed E-state index contributed by atoms with van der Waals surface area (Å²) >= 11 is 5.69. The van der Waals surface area contributed by atoms with Crippen LogP contribution in [0.3, 0.4) is 0 Å². The molecular weight excluding hydrogens is 624 g/mol. The van der Waals surface area contributed by atoms with Gasteiger partial charge in [0.2, 0.25) is 0 Å². The number of piperazine rings is 1. The maximum absolute atomic E-state index is 13.1. The highest BCUT2D eigenvalue weighted by atomic mass is 127. The molecule has 0 aromatic heterocycles. The molecule has 1 amide bonds. The van der Waals surface area contributed by atoms with Crippen LogP contribution in [0.2, 0.25) is 0 Å². The average molecular weight is 646 g/mol. The summed E-state index contributed by atoms with van der Waals surface area (Å²) in [5.74, 6) is 0.0958. The Balaban J connectivity index is 1.43. The Morgan fingerprint density at radius 3 is 2.40 bits per heavy atom. The molecule has 1 fully saturated rings. The molecule has 3 aromatic carbocycles. The Bertz CT molecular complexity index is 1240. The zero-order valence-corrected chi connectivity index (χ0v) is 22.5. The maximum atomic E-state index is 13.1. The number of benzene rings is 3. The highest BCUT2D eigenvalue weighted by Gasteiger charge is 2.24. The standard InChI is InChI=1S/C27H22BrFIN3O2/c28-24-15-20(16-25(30)26(24)35-18-19-6-8-22(29)9-7-19)14-21(17-31)27(34)33-12-10-32(11-13-33)23-4-2-1-3-5-23/h1-9,14-16H,10-13,18H2/b21-14-. The molecule has 4 rings (SSSR count). The average Bonchev–Trinajstić information content (AvgIpc) is 2.88. The third-order valence-corrected chi connectivity index (χ3v) is 7.06. The fourth-order valence-electron chi connectivity index (χ4n) is 3.82. The number of amides is 1. The number of rotatable bonds is 6. The molecule has 0 N–H and O–H groups in total. The molecule has 1 aliphatic rings. The molecular formula is C27H22BrFIN3O2. The van der Waals surface area contributed by atoms with Crippen LogP contribution in [0.25, 0.3) is 6.08 Å². The minimum Gasteiger partial charge on any atom is -0.487 e. The summed E-state index contributed by atoms with van der Waals surface area (Å²) in [6.45, 7) is 2.85. The van der Waals surface area contributed by atoms with E-state index in [4.69, 9.17) is 4.74 Å². The van der Waals surface area contributed by atoms with Crippen molar-refractivity contribution in [3.8, 4) is 11.8 Å². The second kappa shape index (κ2) is 11.7. The highest BCUT2D eigenvalue weighted by Crippen LogP contribution is 2.33. The highest BCUT2D eigenvalue weighted by molar-refractivity contribution is 14.1. The van der Waals surface area contributed by atoms with Crippen molar-refractivity contribution in [2.45, 2.75) is 6.61 Å². The van der Waals surface area contributed by atoms with Crippen molar-refractivity contribution in [2.75, 3.05) is 31.1 Å².